The maximum Gasteiger partial charge on any atom is 0.223 e. The quantitative estimate of drug-likeness (QED) is 0.682. The average molecular weight is 240 g/mol. The molecule has 0 unspecified atom stereocenters. The molecule has 1 rings (SSSR count). The molecule has 0 saturated carbocycles. The predicted octanol–water partition coefficient (Wildman–Crippen LogP) is 2.51. The van der Waals surface area contributed by atoms with Gasteiger partial charge in [0.05, 0.1) is 0 Å². The van der Waals surface area contributed by atoms with Crippen LogP contribution in [0.3, 0.4) is 0 Å². The first-order valence-electron chi connectivity index (χ1n) is 7.28. The van der Waals surface area contributed by atoms with E-state index < -0.39 is 0 Å². The van der Waals surface area contributed by atoms with Crippen molar-refractivity contribution >= 4 is 5.91 Å². The van der Waals surface area contributed by atoms with Crippen LogP contribution in [0.15, 0.2) is 0 Å². The predicted molar refractivity (Wildman–Crippen MR) is 72.1 cm³/mol. The van der Waals surface area contributed by atoms with Crippen LogP contribution >= 0.6 is 0 Å². The minimum Gasteiger partial charge on any atom is -0.343 e. The highest BCUT2D eigenvalue weighted by molar-refractivity contribution is 5.76. The Morgan fingerprint density at radius 2 is 1.65 bits per heavy atom. The summed E-state index contributed by atoms with van der Waals surface area (Å²) in [6.07, 6.45) is 6.82. The van der Waals surface area contributed by atoms with Gasteiger partial charge in [0.15, 0.2) is 0 Å². The van der Waals surface area contributed by atoms with E-state index in [0.29, 0.717) is 12.3 Å². The van der Waals surface area contributed by atoms with Gasteiger partial charge in [-0.3, -0.25) is 4.79 Å². The van der Waals surface area contributed by atoms with Crippen molar-refractivity contribution in [2.24, 2.45) is 0 Å². The number of nitrogens with zero attached hydrogens (tertiary/aromatic N) is 2. The van der Waals surface area contributed by atoms with Crippen molar-refractivity contribution in [3.8, 4) is 0 Å². The van der Waals surface area contributed by atoms with E-state index in [1.54, 1.807) is 0 Å². The van der Waals surface area contributed by atoms with Gasteiger partial charge in [0, 0.05) is 26.1 Å². The molecule has 17 heavy (non-hydrogen) atoms. The second kappa shape index (κ2) is 8.51. The standard InChI is InChI=1S/C14H28N2O/c1-3-9-16(10-4-2)14(17)8-13-15-11-6-5-7-12-15/h3-13H2,1-2H3. The molecular formula is C14H28N2O. The Kier molecular flexibility index (Phi) is 7.25. The van der Waals surface area contributed by atoms with E-state index in [-0.39, 0.29) is 0 Å². The lowest BCUT2D eigenvalue weighted by atomic mass is 10.1. The Bertz CT molecular complexity index is 206. The second-order valence-electron chi connectivity index (χ2n) is 5.03. The van der Waals surface area contributed by atoms with Gasteiger partial charge in [0.2, 0.25) is 5.91 Å². The number of piperidine rings is 1. The van der Waals surface area contributed by atoms with E-state index in [1.807, 2.05) is 4.90 Å². The zero-order valence-electron chi connectivity index (χ0n) is 11.6. The van der Waals surface area contributed by atoms with Gasteiger partial charge in [-0.2, -0.15) is 0 Å². The molecule has 0 spiro atoms. The van der Waals surface area contributed by atoms with Crippen molar-refractivity contribution in [3.05, 3.63) is 0 Å². The molecule has 0 atom stereocenters. The Balaban J connectivity index is 2.25. The molecule has 100 valence electrons. The lowest BCUT2D eigenvalue weighted by molar-refractivity contribution is -0.131. The number of amides is 1. The number of hydrogen-bond acceptors (Lipinski definition) is 2. The molecule has 1 aliphatic rings. The third-order valence-corrected chi connectivity index (χ3v) is 3.43. The number of carbonyl (C=O) groups excluding carboxylic acids is 1. The Morgan fingerprint density at radius 1 is 1.06 bits per heavy atom. The van der Waals surface area contributed by atoms with Crippen LogP contribution < -0.4 is 0 Å². The van der Waals surface area contributed by atoms with E-state index in [0.717, 1.165) is 32.5 Å². The molecule has 0 aliphatic carbocycles. The van der Waals surface area contributed by atoms with Crippen LogP contribution in [0.5, 0.6) is 0 Å². The molecule has 1 heterocycles. The minimum absolute atomic E-state index is 0.347. The summed E-state index contributed by atoms with van der Waals surface area (Å²) in [6, 6.07) is 0. The van der Waals surface area contributed by atoms with Crippen LogP contribution in [0.4, 0.5) is 0 Å². The SMILES string of the molecule is CCCN(CCC)C(=O)CCN1CCCCC1. The van der Waals surface area contributed by atoms with Crippen molar-refractivity contribution in [2.45, 2.75) is 52.4 Å². The molecule has 0 radical (unpaired) electrons. The Morgan fingerprint density at radius 3 is 2.18 bits per heavy atom. The molecule has 3 nitrogen and oxygen atoms in total. The maximum absolute atomic E-state index is 12.1. The molecular weight excluding hydrogens is 212 g/mol. The number of carbonyl (C=O) groups is 1. The fourth-order valence-corrected chi connectivity index (χ4v) is 2.50. The molecule has 3 heteroatoms. The summed E-state index contributed by atoms with van der Waals surface area (Å²) >= 11 is 0. The highest BCUT2D eigenvalue weighted by atomic mass is 16.2. The van der Waals surface area contributed by atoms with Crippen molar-refractivity contribution < 1.29 is 4.79 Å². The zero-order valence-corrected chi connectivity index (χ0v) is 11.6. The second-order valence-corrected chi connectivity index (χ2v) is 5.03. The van der Waals surface area contributed by atoms with E-state index in [2.05, 4.69) is 18.7 Å². The van der Waals surface area contributed by atoms with Gasteiger partial charge in [-0.1, -0.05) is 20.3 Å². The number of hydrogen-bond donors (Lipinski definition) is 0. The molecule has 1 fully saturated rings. The van der Waals surface area contributed by atoms with Crippen LogP contribution in [0, 0.1) is 0 Å². The summed E-state index contributed by atoms with van der Waals surface area (Å²) in [7, 11) is 0. The highest BCUT2D eigenvalue weighted by Crippen LogP contribution is 2.09. The summed E-state index contributed by atoms with van der Waals surface area (Å²) in [5, 5.41) is 0. The van der Waals surface area contributed by atoms with Crippen LogP contribution in [-0.2, 0) is 4.79 Å². The lowest BCUT2D eigenvalue weighted by Gasteiger charge is -2.28. The number of likely N-dealkylation sites (tertiary alicyclic amines) is 1. The Hall–Kier alpha value is -0.570. The van der Waals surface area contributed by atoms with E-state index >= 15 is 0 Å². The molecule has 0 N–H and O–H groups in total. The minimum atomic E-state index is 0.347. The molecule has 1 aliphatic heterocycles. The summed E-state index contributed by atoms with van der Waals surface area (Å²) < 4.78 is 0. The van der Waals surface area contributed by atoms with Gasteiger partial charge in [-0.15, -0.1) is 0 Å². The van der Waals surface area contributed by atoms with Crippen LogP contribution in [0.2, 0.25) is 0 Å². The maximum atomic E-state index is 12.1. The summed E-state index contributed by atoms with van der Waals surface area (Å²) in [6.45, 7) is 9.47. The van der Waals surface area contributed by atoms with Crippen molar-refractivity contribution in [1.29, 1.82) is 0 Å². The largest absolute Gasteiger partial charge is 0.343 e. The lowest BCUT2D eigenvalue weighted by Crippen LogP contribution is -2.37. The topological polar surface area (TPSA) is 23.6 Å². The molecule has 1 saturated heterocycles. The molecule has 0 aromatic carbocycles. The normalized spacial score (nSPS) is 17.1. The van der Waals surface area contributed by atoms with Gasteiger partial charge in [0.1, 0.15) is 0 Å². The van der Waals surface area contributed by atoms with Crippen LogP contribution in [0.25, 0.3) is 0 Å². The molecule has 0 bridgehead atoms. The van der Waals surface area contributed by atoms with Gasteiger partial charge in [0.25, 0.3) is 0 Å². The van der Waals surface area contributed by atoms with Gasteiger partial charge in [-0.05, 0) is 38.8 Å². The average Bonchev–Trinajstić information content (AvgIpc) is 2.37. The first-order chi connectivity index (χ1) is 8.27. The monoisotopic (exact) mass is 240 g/mol. The number of rotatable bonds is 7. The van der Waals surface area contributed by atoms with Crippen molar-refractivity contribution in [1.82, 2.24) is 9.80 Å². The summed E-state index contributed by atoms with van der Waals surface area (Å²) in [4.78, 5) is 16.5. The summed E-state index contributed by atoms with van der Waals surface area (Å²) in [5.41, 5.74) is 0. The van der Waals surface area contributed by atoms with Gasteiger partial charge in [-0.25, -0.2) is 0 Å². The van der Waals surface area contributed by atoms with Gasteiger partial charge >= 0.3 is 0 Å². The van der Waals surface area contributed by atoms with Crippen LogP contribution in [-0.4, -0.2) is 48.4 Å². The van der Waals surface area contributed by atoms with E-state index in [1.165, 1.54) is 32.4 Å². The summed E-state index contributed by atoms with van der Waals surface area (Å²) in [5.74, 6) is 0.347. The smallest absolute Gasteiger partial charge is 0.223 e. The first kappa shape index (κ1) is 14.5. The van der Waals surface area contributed by atoms with Crippen molar-refractivity contribution in [3.63, 3.8) is 0 Å². The van der Waals surface area contributed by atoms with Crippen molar-refractivity contribution in [2.75, 3.05) is 32.7 Å². The third kappa shape index (κ3) is 5.53. The third-order valence-electron chi connectivity index (χ3n) is 3.43. The highest BCUT2D eigenvalue weighted by Gasteiger charge is 2.15. The molecule has 0 aromatic rings. The zero-order chi connectivity index (χ0) is 12.5. The van der Waals surface area contributed by atoms with Crippen LogP contribution in [0.1, 0.15) is 52.4 Å². The fraction of sp³-hybridized carbons (Fsp3) is 0.929. The Labute approximate surface area is 106 Å². The van der Waals surface area contributed by atoms with E-state index in [4.69, 9.17) is 0 Å². The van der Waals surface area contributed by atoms with Gasteiger partial charge < -0.3 is 9.80 Å². The van der Waals surface area contributed by atoms with E-state index in [9.17, 15) is 4.79 Å². The molecule has 0 aromatic heterocycles. The first-order valence-corrected chi connectivity index (χ1v) is 7.28. The fourth-order valence-electron chi connectivity index (χ4n) is 2.50. The molecule has 1 amide bonds.